The van der Waals surface area contributed by atoms with Crippen molar-refractivity contribution in [3.63, 3.8) is 0 Å². The second kappa shape index (κ2) is 8.90. The molecule has 0 saturated carbocycles. The number of anilines is 3. The third-order valence-corrected chi connectivity index (χ3v) is 7.85. The van der Waals surface area contributed by atoms with Gasteiger partial charge in [0.15, 0.2) is 17.3 Å². The summed E-state index contributed by atoms with van der Waals surface area (Å²) < 4.78 is 11.4. The fraction of sp³-hybridized carbons (Fsp3) is 0.333. The van der Waals surface area contributed by atoms with Crippen molar-refractivity contribution in [1.29, 1.82) is 0 Å². The van der Waals surface area contributed by atoms with E-state index in [2.05, 4.69) is 15.0 Å². The van der Waals surface area contributed by atoms with Gasteiger partial charge in [-0.05, 0) is 19.1 Å². The van der Waals surface area contributed by atoms with Gasteiger partial charge in [0.1, 0.15) is 22.2 Å². The van der Waals surface area contributed by atoms with Crippen LogP contribution in [0.1, 0.15) is 40.5 Å². The fourth-order valence-electron chi connectivity index (χ4n) is 4.61. The van der Waals surface area contributed by atoms with Crippen molar-refractivity contribution in [2.45, 2.75) is 41.3 Å². The predicted octanol–water partition coefficient (Wildman–Crippen LogP) is 2.71. The molecular weight excluding hydrogens is 466 g/mol. The molecule has 2 aliphatic heterocycles. The van der Waals surface area contributed by atoms with E-state index >= 15 is 0 Å². The standard InChI is InChI=1S/C24H27N7O3S/c1-13-16(7-10-28-19(13)26)35-22-20(27)30-21(17(29-22)23(32)33-2)31-11-8-24(9-12-31)18(25)14-5-3-4-6-15(14)34-24/h3-7,10,18H,8-9,11-12,25H2,1-2H3,(H2,26,28)(H2,27,30)/t18-/m1/s1. The summed E-state index contributed by atoms with van der Waals surface area (Å²) in [6, 6.07) is 9.48. The highest BCUT2D eigenvalue weighted by molar-refractivity contribution is 7.99. The highest BCUT2D eigenvalue weighted by Crippen LogP contribution is 2.47. The molecule has 2 aromatic heterocycles. The molecule has 11 heteroatoms. The van der Waals surface area contributed by atoms with Gasteiger partial charge in [0.2, 0.25) is 0 Å². The van der Waals surface area contributed by atoms with E-state index in [1.165, 1.54) is 18.9 Å². The third kappa shape index (κ3) is 4.00. The van der Waals surface area contributed by atoms with Crippen molar-refractivity contribution in [1.82, 2.24) is 15.0 Å². The number of para-hydroxylation sites is 1. The van der Waals surface area contributed by atoms with Gasteiger partial charge in [-0.15, -0.1) is 0 Å². The van der Waals surface area contributed by atoms with E-state index in [9.17, 15) is 4.79 Å². The summed E-state index contributed by atoms with van der Waals surface area (Å²) in [6.45, 7) is 3.01. The first-order valence-corrected chi connectivity index (χ1v) is 12.1. The van der Waals surface area contributed by atoms with Crippen LogP contribution < -0.4 is 26.8 Å². The number of hydrogen-bond acceptors (Lipinski definition) is 11. The molecule has 182 valence electrons. The van der Waals surface area contributed by atoms with Gasteiger partial charge in [0, 0.05) is 48.2 Å². The molecule has 10 nitrogen and oxygen atoms in total. The number of methoxy groups -OCH3 is 1. The van der Waals surface area contributed by atoms with Gasteiger partial charge in [-0.2, -0.15) is 0 Å². The molecule has 2 aliphatic rings. The Balaban J connectivity index is 1.42. The number of pyridine rings is 1. The Hall–Kier alpha value is -3.57. The first-order valence-electron chi connectivity index (χ1n) is 11.3. The number of nitrogen functional groups attached to an aromatic ring is 2. The SMILES string of the molecule is COC(=O)c1nc(Sc2ccnc(N)c2C)c(N)nc1N1CCC2(CC1)Oc1ccccc1[C@H]2N. The van der Waals surface area contributed by atoms with Crippen LogP contribution in [0.4, 0.5) is 17.5 Å². The molecule has 5 rings (SSSR count). The number of aromatic nitrogens is 3. The number of benzene rings is 1. The van der Waals surface area contributed by atoms with Gasteiger partial charge in [-0.1, -0.05) is 30.0 Å². The van der Waals surface area contributed by atoms with Crippen molar-refractivity contribution < 1.29 is 14.3 Å². The van der Waals surface area contributed by atoms with E-state index in [1.807, 2.05) is 42.2 Å². The van der Waals surface area contributed by atoms with Gasteiger partial charge in [0.25, 0.3) is 0 Å². The Labute approximate surface area is 207 Å². The van der Waals surface area contributed by atoms with Crippen LogP contribution in [0.15, 0.2) is 46.5 Å². The number of nitrogens with two attached hydrogens (primary N) is 3. The number of esters is 1. The van der Waals surface area contributed by atoms with E-state index in [0.29, 0.717) is 42.6 Å². The Kier molecular flexibility index (Phi) is 5.89. The molecule has 1 atom stereocenters. The van der Waals surface area contributed by atoms with Crippen LogP contribution in [0.25, 0.3) is 0 Å². The molecule has 1 saturated heterocycles. The number of nitrogens with zero attached hydrogens (tertiary/aromatic N) is 4. The lowest BCUT2D eigenvalue weighted by atomic mass is 9.83. The molecule has 0 radical (unpaired) electrons. The highest BCUT2D eigenvalue weighted by Gasteiger charge is 2.48. The monoisotopic (exact) mass is 493 g/mol. The smallest absolute Gasteiger partial charge is 0.360 e. The molecule has 0 amide bonds. The van der Waals surface area contributed by atoms with E-state index in [0.717, 1.165) is 21.8 Å². The largest absolute Gasteiger partial charge is 0.485 e. The Morgan fingerprint density at radius 2 is 1.91 bits per heavy atom. The van der Waals surface area contributed by atoms with Gasteiger partial charge in [-0.3, -0.25) is 0 Å². The average Bonchev–Trinajstić information content (AvgIpc) is 3.14. The second-order valence-electron chi connectivity index (χ2n) is 8.67. The molecule has 4 heterocycles. The van der Waals surface area contributed by atoms with Gasteiger partial charge in [0.05, 0.1) is 13.2 Å². The van der Waals surface area contributed by atoms with Crippen molar-refractivity contribution in [3.8, 4) is 5.75 Å². The van der Waals surface area contributed by atoms with E-state index < -0.39 is 11.6 Å². The quantitative estimate of drug-likeness (QED) is 0.459. The summed E-state index contributed by atoms with van der Waals surface area (Å²) in [7, 11) is 1.32. The summed E-state index contributed by atoms with van der Waals surface area (Å²) in [6.07, 6.45) is 2.94. The third-order valence-electron chi connectivity index (χ3n) is 6.69. The van der Waals surface area contributed by atoms with Crippen molar-refractivity contribution in [2.24, 2.45) is 5.73 Å². The molecule has 0 bridgehead atoms. The number of hydrogen-bond donors (Lipinski definition) is 3. The Morgan fingerprint density at radius 1 is 1.17 bits per heavy atom. The lowest BCUT2D eigenvalue weighted by molar-refractivity contribution is 0.0429. The summed E-state index contributed by atoms with van der Waals surface area (Å²) in [5.74, 6) is 1.28. The molecular formula is C24H27N7O3S. The molecule has 6 N–H and O–H groups in total. The minimum atomic E-state index is -0.582. The zero-order valence-electron chi connectivity index (χ0n) is 19.5. The summed E-state index contributed by atoms with van der Waals surface area (Å²) in [4.78, 5) is 28.7. The van der Waals surface area contributed by atoms with Gasteiger partial charge in [-0.25, -0.2) is 19.7 Å². The van der Waals surface area contributed by atoms with E-state index in [4.69, 9.17) is 26.7 Å². The fourth-order valence-corrected chi connectivity index (χ4v) is 5.49. The lowest BCUT2D eigenvalue weighted by Crippen LogP contribution is -2.52. The Morgan fingerprint density at radius 3 is 2.63 bits per heavy atom. The van der Waals surface area contributed by atoms with Crippen LogP contribution in [0, 0.1) is 6.92 Å². The number of ether oxygens (including phenoxy) is 2. The molecule has 1 fully saturated rings. The first-order chi connectivity index (χ1) is 16.8. The predicted molar refractivity (Wildman–Crippen MR) is 133 cm³/mol. The van der Waals surface area contributed by atoms with Gasteiger partial charge >= 0.3 is 5.97 Å². The normalized spacial score (nSPS) is 18.3. The molecule has 35 heavy (non-hydrogen) atoms. The van der Waals surface area contributed by atoms with Crippen molar-refractivity contribution >= 4 is 35.2 Å². The minimum absolute atomic E-state index is 0.111. The summed E-state index contributed by atoms with van der Waals surface area (Å²) in [5, 5.41) is 0.396. The van der Waals surface area contributed by atoms with Crippen LogP contribution in [0.3, 0.4) is 0 Å². The maximum Gasteiger partial charge on any atom is 0.360 e. The zero-order chi connectivity index (χ0) is 24.7. The molecule has 0 unspecified atom stereocenters. The number of fused-ring (bicyclic) bond motifs is 1. The average molecular weight is 494 g/mol. The number of carbonyl (C=O) groups excluding carboxylic acids is 1. The summed E-state index contributed by atoms with van der Waals surface area (Å²) >= 11 is 1.28. The van der Waals surface area contributed by atoms with Crippen LogP contribution in [-0.4, -0.2) is 46.7 Å². The number of piperidine rings is 1. The van der Waals surface area contributed by atoms with Crippen molar-refractivity contribution in [3.05, 3.63) is 53.3 Å². The maximum absolute atomic E-state index is 12.7. The maximum atomic E-state index is 12.7. The first kappa shape index (κ1) is 23.2. The van der Waals surface area contributed by atoms with Crippen LogP contribution >= 0.6 is 11.8 Å². The molecule has 3 aromatic rings. The molecule has 0 aliphatic carbocycles. The second-order valence-corrected chi connectivity index (χ2v) is 9.70. The van der Waals surface area contributed by atoms with Crippen molar-refractivity contribution in [2.75, 3.05) is 36.6 Å². The van der Waals surface area contributed by atoms with Gasteiger partial charge < -0.3 is 31.6 Å². The zero-order valence-corrected chi connectivity index (χ0v) is 20.3. The Bertz CT molecular complexity index is 1290. The molecule has 1 spiro atoms. The number of carbonyl (C=O) groups is 1. The lowest BCUT2D eigenvalue weighted by Gasteiger charge is -2.41. The van der Waals surface area contributed by atoms with E-state index in [1.54, 1.807) is 6.20 Å². The molecule has 1 aromatic carbocycles. The minimum Gasteiger partial charge on any atom is -0.485 e. The highest BCUT2D eigenvalue weighted by atomic mass is 32.2. The van der Waals surface area contributed by atoms with Crippen LogP contribution in [0.2, 0.25) is 0 Å². The summed E-state index contributed by atoms with van der Waals surface area (Å²) in [5.41, 5.74) is 20.3. The number of rotatable bonds is 4. The van der Waals surface area contributed by atoms with E-state index in [-0.39, 0.29) is 17.6 Å². The topological polar surface area (TPSA) is 156 Å². The van der Waals surface area contributed by atoms with Crippen LogP contribution in [0.5, 0.6) is 5.75 Å². The van der Waals surface area contributed by atoms with Crippen LogP contribution in [-0.2, 0) is 4.74 Å².